The molecule has 1 unspecified atom stereocenters. The van der Waals surface area contributed by atoms with Crippen LogP contribution in [0.4, 0.5) is 0 Å². The average molecular weight is 294 g/mol. The molecule has 2 rings (SSSR count). The molecule has 5 heteroatoms. The Kier molecular flexibility index (Phi) is 5.04. The Balaban J connectivity index is 1.76. The van der Waals surface area contributed by atoms with E-state index in [1.165, 1.54) is 0 Å². The zero-order valence-corrected chi connectivity index (χ0v) is 13.5. The smallest absolute Gasteiger partial charge is 0.225 e. The van der Waals surface area contributed by atoms with Gasteiger partial charge in [-0.15, -0.1) is 0 Å². The number of nitrogens with one attached hydrogen (secondary N) is 1. The largest absolute Gasteiger partial charge is 0.445 e. The van der Waals surface area contributed by atoms with Crippen LogP contribution in [0.5, 0.6) is 0 Å². The van der Waals surface area contributed by atoms with Gasteiger partial charge in [0.05, 0.1) is 18.2 Å². The van der Waals surface area contributed by atoms with Crippen molar-refractivity contribution < 1.29 is 13.9 Å². The first-order valence-corrected chi connectivity index (χ1v) is 7.70. The van der Waals surface area contributed by atoms with Crippen LogP contribution in [-0.4, -0.2) is 30.6 Å². The molecule has 5 nitrogen and oxygen atoms in total. The summed E-state index contributed by atoms with van der Waals surface area (Å²) in [5, 5.41) is 2.97. The molecule has 1 amide bonds. The van der Waals surface area contributed by atoms with Gasteiger partial charge in [-0.25, -0.2) is 4.98 Å². The van der Waals surface area contributed by atoms with E-state index < -0.39 is 0 Å². The number of carbonyl (C=O) groups is 1. The van der Waals surface area contributed by atoms with Crippen molar-refractivity contribution >= 4 is 5.91 Å². The number of hydrogen-bond donors (Lipinski definition) is 1. The molecule has 1 atom stereocenters. The standard InChI is InChI=1S/C16H26N2O3/c1-11-13(21-15(18-11)16(2,3)4)6-5-8-17-14(19)12-7-9-20-10-12/h12H,5-10H2,1-4H3,(H,17,19). The van der Waals surface area contributed by atoms with Crippen molar-refractivity contribution in [2.45, 2.75) is 52.4 Å². The summed E-state index contributed by atoms with van der Waals surface area (Å²) in [5.41, 5.74) is 0.884. The van der Waals surface area contributed by atoms with Crippen LogP contribution in [0.2, 0.25) is 0 Å². The fraction of sp³-hybridized carbons (Fsp3) is 0.750. The highest BCUT2D eigenvalue weighted by Gasteiger charge is 2.23. The molecule has 1 aromatic rings. The molecule has 0 spiro atoms. The third-order valence-electron chi connectivity index (χ3n) is 3.71. The van der Waals surface area contributed by atoms with Gasteiger partial charge in [-0.2, -0.15) is 0 Å². The van der Waals surface area contributed by atoms with Crippen molar-refractivity contribution in [1.29, 1.82) is 0 Å². The maximum atomic E-state index is 11.8. The van der Waals surface area contributed by atoms with Crippen molar-refractivity contribution in [2.75, 3.05) is 19.8 Å². The molecule has 0 saturated carbocycles. The normalized spacial score (nSPS) is 19.0. The summed E-state index contributed by atoms with van der Waals surface area (Å²) < 4.78 is 11.1. The van der Waals surface area contributed by atoms with E-state index in [0.29, 0.717) is 19.8 Å². The van der Waals surface area contributed by atoms with E-state index in [-0.39, 0.29) is 17.2 Å². The highest BCUT2D eigenvalue weighted by Crippen LogP contribution is 2.24. The molecular formula is C16H26N2O3. The fourth-order valence-corrected chi connectivity index (χ4v) is 2.33. The molecule has 0 aromatic carbocycles. The van der Waals surface area contributed by atoms with Crippen LogP contribution >= 0.6 is 0 Å². The summed E-state index contributed by atoms with van der Waals surface area (Å²) in [5.74, 6) is 1.85. The number of carbonyl (C=O) groups excluding carboxylic acids is 1. The molecule has 1 fully saturated rings. The molecule has 1 aliphatic rings. The molecular weight excluding hydrogens is 268 g/mol. The van der Waals surface area contributed by atoms with E-state index in [9.17, 15) is 4.79 Å². The molecule has 2 heterocycles. The molecule has 1 saturated heterocycles. The second-order valence-corrected chi connectivity index (χ2v) is 6.73. The second kappa shape index (κ2) is 6.60. The number of amides is 1. The van der Waals surface area contributed by atoms with E-state index in [1.54, 1.807) is 0 Å². The van der Waals surface area contributed by atoms with E-state index in [2.05, 4.69) is 31.1 Å². The maximum absolute atomic E-state index is 11.8. The molecule has 0 radical (unpaired) electrons. The molecule has 0 aliphatic carbocycles. The zero-order valence-electron chi connectivity index (χ0n) is 13.5. The molecule has 1 aliphatic heterocycles. The van der Waals surface area contributed by atoms with Gasteiger partial charge in [-0.3, -0.25) is 4.79 Å². The van der Waals surface area contributed by atoms with Crippen LogP contribution < -0.4 is 5.32 Å². The van der Waals surface area contributed by atoms with Gasteiger partial charge in [0.1, 0.15) is 5.76 Å². The van der Waals surface area contributed by atoms with Crippen molar-refractivity contribution in [1.82, 2.24) is 10.3 Å². The van der Waals surface area contributed by atoms with Gasteiger partial charge >= 0.3 is 0 Å². The Morgan fingerprint density at radius 3 is 2.76 bits per heavy atom. The average Bonchev–Trinajstić information content (AvgIpc) is 3.03. The first-order valence-electron chi connectivity index (χ1n) is 7.70. The van der Waals surface area contributed by atoms with Crippen LogP contribution in [0, 0.1) is 12.8 Å². The Morgan fingerprint density at radius 1 is 1.43 bits per heavy atom. The lowest BCUT2D eigenvalue weighted by molar-refractivity contribution is -0.124. The number of ether oxygens (including phenoxy) is 1. The summed E-state index contributed by atoms with van der Waals surface area (Å²) in [6.45, 7) is 10.2. The maximum Gasteiger partial charge on any atom is 0.225 e. The van der Waals surface area contributed by atoms with Gasteiger partial charge in [0, 0.05) is 25.0 Å². The summed E-state index contributed by atoms with van der Waals surface area (Å²) in [6, 6.07) is 0. The minimum Gasteiger partial charge on any atom is -0.445 e. The summed E-state index contributed by atoms with van der Waals surface area (Å²) in [7, 11) is 0. The van der Waals surface area contributed by atoms with Crippen LogP contribution in [0.25, 0.3) is 0 Å². The van der Waals surface area contributed by atoms with Crippen molar-refractivity contribution in [2.24, 2.45) is 5.92 Å². The summed E-state index contributed by atoms with van der Waals surface area (Å²) in [4.78, 5) is 16.3. The van der Waals surface area contributed by atoms with E-state index >= 15 is 0 Å². The SMILES string of the molecule is Cc1nc(C(C)(C)C)oc1CCCNC(=O)C1CCOC1. The summed E-state index contributed by atoms with van der Waals surface area (Å²) in [6.07, 6.45) is 2.50. The minimum absolute atomic E-state index is 0.0320. The van der Waals surface area contributed by atoms with Gasteiger partial charge in [-0.05, 0) is 19.8 Å². The highest BCUT2D eigenvalue weighted by molar-refractivity contribution is 5.78. The predicted octanol–water partition coefficient (Wildman–Crippen LogP) is 2.37. The van der Waals surface area contributed by atoms with Crippen molar-refractivity contribution in [3.05, 3.63) is 17.3 Å². The van der Waals surface area contributed by atoms with Crippen molar-refractivity contribution in [3.63, 3.8) is 0 Å². The first-order chi connectivity index (χ1) is 9.88. The van der Waals surface area contributed by atoms with Gasteiger partial charge in [0.2, 0.25) is 5.91 Å². The topological polar surface area (TPSA) is 64.4 Å². The zero-order chi connectivity index (χ0) is 15.5. The van der Waals surface area contributed by atoms with E-state index in [1.807, 2.05) is 6.92 Å². The van der Waals surface area contributed by atoms with E-state index in [0.717, 1.165) is 36.6 Å². The molecule has 118 valence electrons. The molecule has 21 heavy (non-hydrogen) atoms. The second-order valence-electron chi connectivity index (χ2n) is 6.73. The number of aromatic nitrogens is 1. The Morgan fingerprint density at radius 2 is 2.19 bits per heavy atom. The van der Waals surface area contributed by atoms with Crippen LogP contribution in [0.1, 0.15) is 51.0 Å². The van der Waals surface area contributed by atoms with Gasteiger partial charge in [0.25, 0.3) is 0 Å². The summed E-state index contributed by atoms with van der Waals surface area (Å²) >= 11 is 0. The highest BCUT2D eigenvalue weighted by atomic mass is 16.5. The third-order valence-corrected chi connectivity index (χ3v) is 3.71. The lowest BCUT2D eigenvalue weighted by Gasteiger charge is -2.12. The Labute approximate surface area is 126 Å². The van der Waals surface area contributed by atoms with Crippen molar-refractivity contribution in [3.8, 4) is 0 Å². The fourth-order valence-electron chi connectivity index (χ4n) is 2.33. The first kappa shape index (κ1) is 16.0. The lowest BCUT2D eigenvalue weighted by Crippen LogP contribution is -2.31. The number of oxazole rings is 1. The lowest BCUT2D eigenvalue weighted by atomic mass is 9.97. The number of nitrogens with zero attached hydrogens (tertiary/aromatic N) is 1. The number of aryl methyl sites for hydroxylation is 2. The molecule has 0 bridgehead atoms. The van der Waals surface area contributed by atoms with Crippen LogP contribution in [0.3, 0.4) is 0 Å². The monoisotopic (exact) mass is 294 g/mol. The van der Waals surface area contributed by atoms with Crippen LogP contribution in [0.15, 0.2) is 4.42 Å². The molecule has 1 N–H and O–H groups in total. The van der Waals surface area contributed by atoms with Gasteiger partial charge in [0.15, 0.2) is 5.89 Å². The quantitative estimate of drug-likeness (QED) is 0.847. The van der Waals surface area contributed by atoms with E-state index in [4.69, 9.17) is 9.15 Å². The van der Waals surface area contributed by atoms with Gasteiger partial charge in [-0.1, -0.05) is 20.8 Å². The molecule has 1 aromatic heterocycles. The number of rotatable bonds is 5. The predicted molar refractivity (Wildman–Crippen MR) is 80.2 cm³/mol. The third kappa shape index (κ3) is 4.30. The Bertz CT molecular complexity index is 482. The minimum atomic E-state index is -0.0697. The van der Waals surface area contributed by atoms with Crippen LogP contribution in [-0.2, 0) is 21.4 Å². The van der Waals surface area contributed by atoms with Gasteiger partial charge < -0.3 is 14.5 Å². The Hall–Kier alpha value is -1.36. The number of hydrogen-bond acceptors (Lipinski definition) is 4.